The Hall–Kier alpha value is -1.31. The second-order valence-electron chi connectivity index (χ2n) is 2.74. The molecule has 1 aromatic carbocycles. The van der Waals surface area contributed by atoms with Crippen molar-refractivity contribution in [2.24, 2.45) is 0 Å². The Morgan fingerprint density at radius 1 is 1.33 bits per heavy atom. The quantitative estimate of drug-likeness (QED) is 0.741. The number of carbonyl (C=O) groups is 1. The fourth-order valence-corrected chi connectivity index (χ4v) is 0.966. The van der Waals surface area contributed by atoms with Gasteiger partial charge >= 0.3 is 0 Å². The molecule has 0 saturated carbocycles. The van der Waals surface area contributed by atoms with E-state index in [1.54, 1.807) is 24.3 Å². The molecule has 0 unspecified atom stereocenters. The van der Waals surface area contributed by atoms with Crippen LogP contribution in [0, 0.1) is 0 Å². The van der Waals surface area contributed by atoms with E-state index in [2.05, 4.69) is 0 Å². The monoisotopic (exact) mass is 164 g/mol. The van der Waals surface area contributed by atoms with Gasteiger partial charge in [-0.05, 0) is 17.7 Å². The lowest BCUT2D eigenvalue weighted by molar-refractivity contribution is -0.118. The van der Waals surface area contributed by atoms with E-state index in [1.165, 1.54) is 0 Å². The van der Waals surface area contributed by atoms with Gasteiger partial charge in [-0.15, -0.1) is 0 Å². The van der Waals surface area contributed by atoms with Crippen LogP contribution in [0.3, 0.4) is 0 Å². The summed E-state index contributed by atoms with van der Waals surface area (Å²) in [4.78, 5) is 11.0. The van der Waals surface area contributed by atoms with Crippen LogP contribution < -0.4 is 0 Å². The average molecular weight is 164 g/mol. The van der Waals surface area contributed by atoms with E-state index in [-0.39, 0.29) is 11.5 Å². The van der Waals surface area contributed by atoms with Gasteiger partial charge in [0.1, 0.15) is 11.5 Å². The number of rotatable bonds is 3. The second kappa shape index (κ2) is 3.90. The maximum Gasteiger partial charge on any atom is 0.136 e. The fraction of sp³-hybridized carbons (Fsp3) is 0.300. The van der Waals surface area contributed by atoms with Crippen molar-refractivity contribution in [2.75, 3.05) is 0 Å². The molecule has 0 aliphatic rings. The van der Waals surface area contributed by atoms with Crippen LogP contribution in [0.15, 0.2) is 24.3 Å². The molecule has 0 aliphatic heterocycles. The van der Waals surface area contributed by atoms with Crippen molar-refractivity contribution in [1.82, 2.24) is 0 Å². The minimum atomic E-state index is 0.223. The first kappa shape index (κ1) is 8.78. The summed E-state index contributed by atoms with van der Waals surface area (Å²) in [7, 11) is 0. The number of benzene rings is 1. The molecule has 0 radical (unpaired) electrons. The maximum absolute atomic E-state index is 11.0. The first-order chi connectivity index (χ1) is 5.72. The van der Waals surface area contributed by atoms with Gasteiger partial charge in [0.15, 0.2) is 0 Å². The Morgan fingerprint density at radius 3 is 2.42 bits per heavy atom. The molecule has 2 heteroatoms. The third kappa shape index (κ3) is 2.38. The molecule has 0 amide bonds. The van der Waals surface area contributed by atoms with Gasteiger partial charge in [0, 0.05) is 12.8 Å². The van der Waals surface area contributed by atoms with Crippen LogP contribution in [-0.2, 0) is 11.2 Å². The molecule has 0 aromatic heterocycles. The number of phenolic OH excluding ortho intramolecular Hbond substituents is 1. The Kier molecular flexibility index (Phi) is 2.86. The molecule has 12 heavy (non-hydrogen) atoms. The Morgan fingerprint density at radius 2 is 1.92 bits per heavy atom. The zero-order valence-corrected chi connectivity index (χ0v) is 7.08. The van der Waals surface area contributed by atoms with Crippen molar-refractivity contribution in [1.29, 1.82) is 0 Å². The molecular formula is C10H12O2. The topological polar surface area (TPSA) is 37.3 Å². The summed E-state index contributed by atoms with van der Waals surface area (Å²) in [5.74, 6) is 0.461. The van der Waals surface area contributed by atoms with E-state index < -0.39 is 0 Å². The zero-order chi connectivity index (χ0) is 8.97. The highest BCUT2D eigenvalue weighted by Gasteiger charge is 1.99. The van der Waals surface area contributed by atoms with Crippen LogP contribution in [0.1, 0.15) is 18.9 Å². The van der Waals surface area contributed by atoms with Crippen LogP contribution in [-0.4, -0.2) is 10.9 Å². The number of hydrogen-bond donors (Lipinski definition) is 1. The molecule has 0 spiro atoms. The zero-order valence-electron chi connectivity index (χ0n) is 7.08. The van der Waals surface area contributed by atoms with Crippen LogP contribution in [0.25, 0.3) is 0 Å². The predicted octanol–water partition coefficient (Wildman–Crippen LogP) is 1.91. The highest BCUT2D eigenvalue weighted by atomic mass is 16.3. The van der Waals surface area contributed by atoms with Crippen molar-refractivity contribution in [3.05, 3.63) is 29.8 Å². The van der Waals surface area contributed by atoms with Crippen LogP contribution in [0.5, 0.6) is 5.75 Å². The van der Waals surface area contributed by atoms with Gasteiger partial charge in [0.25, 0.3) is 0 Å². The van der Waals surface area contributed by atoms with Gasteiger partial charge in [-0.3, -0.25) is 4.79 Å². The first-order valence-electron chi connectivity index (χ1n) is 4.02. The van der Waals surface area contributed by atoms with Gasteiger partial charge in [-0.25, -0.2) is 0 Å². The summed E-state index contributed by atoms with van der Waals surface area (Å²) in [6, 6.07) is 6.72. The van der Waals surface area contributed by atoms with Crippen molar-refractivity contribution < 1.29 is 9.90 Å². The molecule has 0 heterocycles. The lowest BCUT2D eigenvalue weighted by Crippen LogP contribution is -1.99. The van der Waals surface area contributed by atoms with Gasteiger partial charge in [-0.2, -0.15) is 0 Å². The lowest BCUT2D eigenvalue weighted by atomic mass is 10.1. The summed E-state index contributed by atoms with van der Waals surface area (Å²) in [6.07, 6.45) is 1.04. The van der Waals surface area contributed by atoms with Gasteiger partial charge in [0.05, 0.1) is 0 Å². The molecule has 0 bridgehead atoms. The minimum absolute atomic E-state index is 0.223. The maximum atomic E-state index is 11.0. The van der Waals surface area contributed by atoms with E-state index in [0.717, 1.165) is 5.56 Å². The molecule has 1 rings (SSSR count). The summed E-state index contributed by atoms with van der Waals surface area (Å²) in [5, 5.41) is 8.96. The van der Waals surface area contributed by atoms with E-state index in [0.29, 0.717) is 12.8 Å². The number of aromatic hydroxyl groups is 1. The normalized spacial score (nSPS) is 9.75. The largest absolute Gasteiger partial charge is 0.508 e. The van der Waals surface area contributed by atoms with Crippen molar-refractivity contribution >= 4 is 5.78 Å². The summed E-state index contributed by atoms with van der Waals surface area (Å²) in [5.41, 5.74) is 0.958. The van der Waals surface area contributed by atoms with Crippen LogP contribution >= 0.6 is 0 Å². The third-order valence-electron chi connectivity index (χ3n) is 1.73. The minimum Gasteiger partial charge on any atom is -0.508 e. The average Bonchev–Trinajstić information content (AvgIpc) is 2.09. The molecule has 0 atom stereocenters. The number of hydrogen-bond acceptors (Lipinski definition) is 2. The summed E-state index contributed by atoms with van der Waals surface area (Å²) >= 11 is 0. The van der Waals surface area contributed by atoms with Crippen molar-refractivity contribution in [3.8, 4) is 5.75 Å². The van der Waals surface area contributed by atoms with Crippen LogP contribution in [0.4, 0.5) is 0 Å². The molecule has 1 N–H and O–H groups in total. The van der Waals surface area contributed by atoms with E-state index in [4.69, 9.17) is 5.11 Å². The number of ketones is 1. The number of phenols is 1. The van der Waals surface area contributed by atoms with Crippen LogP contribution in [0.2, 0.25) is 0 Å². The highest BCUT2D eigenvalue weighted by molar-refractivity contribution is 5.80. The molecule has 0 saturated heterocycles. The molecule has 0 fully saturated rings. The smallest absolute Gasteiger partial charge is 0.136 e. The van der Waals surface area contributed by atoms with E-state index in [9.17, 15) is 4.79 Å². The molecule has 2 nitrogen and oxygen atoms in total. The van der Waals surface area contributed by atoms with Gasteiger partial charge in [-0.1, -0.05) is 19.1 Å². The Balaban J connectivity index is 2.64. The Bertz CT molecular complexity index is 262. The number of Topliss-reactive ketones (excluding diaryl/α,β-unsaturated/α-hetero) is 1. The van der Waals surface area contributed by atoms with Gasteiger partial charge in [0.2, 0.25) is 0 Å². The highest BCUT2D eigenvalue weighted by Crippen LogP contribution is 2.10. The molecule has 64 valence electrons. The summed E-state index contributed by atoms with van der Waals surface area (Å²) in [6.45, 7) is 1.85. The SMILES string of the molecule is CCC(=O)Cc1ccc(O)cc1. The second-order valence-corrected chi connectivity index (χ2v) is 2.74. The van der Waals surface area contributed by atoms with Crippen molar-refractivity contribution in [3.63, 3.8) is 0 Å². The van der Waals surface area contributed by atoms with Crippen molar-refractivity contribution in [2.45, 2.75) is 19.8 Å². The fourth-order valence-electron chi connectivity index (χ4n) is 0.966. The molecule has 0 aliphatic carbocycles. The van der Waals surface area contributed by atoms with E-state index >= 15 is 0 Å². The van der Waals surface area contributed by atoms with Gasteiger partial charge < -0.3 is 5.11 Å². The van der Waals surface area contributed by atoms with E-state index in [1.807, 2.05) is 6.92 Å². The predicted molar refractivity (Wildman–Crippen MR) is 47.1 cm³/mol. The lowest BCUT2D eigenvalue weighted by Gasteiger charge is -1.98. The third-order valence-corrected chi connectivity index (χ3v) is 1.73. The first-order valence-corrected chi connectivity index (χ1v) is 4.02. The standard InChI is InChI=1S/C10H12O2/c1-2-9(11)7-8-3-5-10(12)6-4-8/h3-6,12H,2,7H2,1H3. The molecular weight excluding hydrogens is 152 g/mol. The summed E-state index contributed by atoms with van der Waals surface area (Å²) < 4.78 is 0. The number of carbonyl (C=O) groups excluding carboxylic acids is 1. The Labute approximate surface area is 71.8 Å². The molecule has 1 aromatic rings.